The molecular weight excluding hydrogens is 432 g/mol. The van der Waals surface area contributed by atoms with Crippen LogP contribution in [0.4, 0.5) is 4.79 Å². The highest BCUT2D eigenvalue weighted by Crippen LogP contribution is 2.45. The number of hydrogen-bond donors (Lipinski definition) is 2. The largest absolute Gasteiger partial charge is 0.486 e. The number of carbonyl (C=O) groups is 3. The zero-order valence-corrected chi connectivity index (χ0v) is 18.5. The quantitative estimate of drug-likeness (QED) is 0.619. The van der Waals surface area contributed by atoms with E-state index in [0.717, 1.165) is 23.3 Å². The lowest BCUT2D eigenvalue weighted by atomic mass is 9.78. The molecule has 3 amide bonds. The van der Waals surface area contributed by atoms with Gasteiger partial charge in [0.05, 0.1) is 5.41 Å². The predicted molar refractivity (Wildman–Crippen MR) is 118 cm³/mol. The van der Waals surface area contributed by atoms with Crippen LogP contribution >= 0.6 is 11.3 Å². The Kier molecular flexibility index (Phi) is 6.94. The fourth-order valence-electron chi connectivity index (χ4n) is 4.16. The Morgan fingerprint density at radius 3 is 2.59 bits per heavy atom. The lowest BCUT2D eigenvalue weighted by molar-refractivity contribution is -0.154. The van der Waals surface area contributed by atoms with Gasteiger partial charge in [0.25, 0.3) is 5.91 Å². The molecule has 2 aliphatic rings. The van der Waals surface area contributed by atoms with Crippen molar-refractivity contribution in [1.29, 1.82) is 0 Å². The van der Waals surface area contributed by atoms with E-state index in [1.165, 1.54) is 0 Å². The first-order valence-corrected chi connectivity index (χ1v) is 11.6. The second-order valence-electron chi connectivity index (χ2n) is 7.86. The minimum atomic E-state index is -0.820. The van der Waals surface area contributed by atoms with Crippen LogP contribution in [0.25, 0.3) is 0 Å². The highest BCUT2D eigenvalue weighted by Gasteiger charge is 2.45. The number of urea groups is 1. The van der Waals surface area contributed by atoms with Crippen LogP contribution in [-0.2, 0) is 26.2 Å². The Balaban J connectivity index is 1.30. The van der Waals surface area contributed by atoms with Gasteiger partial charge in [-0.1, -0.05) is 25.0 Å². The first-order chi connectivity index (χ1) is 15.6. The maximum atomic E-state index is 13.1. The topological polar surface area (TPSA) is 103 Å². The van der Waals surface area contributed by atoms with Gasteiger partial charge in [-0.3, -0.25) is 14.9 Å². The van der Waals surface area contributed by atoms with Crippen LogP contribution in [0.3, 0.4) is 0 Å². The van der Waals surface area contributed by atoms with E-state index in [4.69, 9.17) is 14.2 Å². The van der Waals surface area contributed by atoms with Crippen molar-refractivity contribution >= 4 is 29.2 Å². The molecule has 9 heteroatoms. The van der Waals surface area contributed by atoms with Gasteiger partial charge in [0, 0.05) is 11.4 Å². The second kappa shape index (κ2) is 10.0. The number of imide groups is 1. The maximum Gasteiger partial charge on any atom is 0.321 e. The third-order valence-corrected chi connectivity index (χ3v) is 6.70. The summed E-state index contributed by atoms with van der Waals surface area (Å²) >= 11 is 1.61. The van der Waals surface area contributed by atoms with Crippen molar-refractivity contribution in [3.63, 3.8) is 0 Å². The van der Waals surface area contributed by atoms with E-state index in [-0.39, 0.29) is 0 Å². The Morgan fingerprint density at radius 1 is 1.06 bits per heavy atom. The fraction of sp³-hybridized carbons (Fsp3) is 0.435. The molecule has 8 nitrogen and oxygen atoms in total. The molecule has 1 aliphatic carbocycles. The molecule has 0 spiro atoms. The summed E-state index contributed by atoms with van der Waals surface area (Å²) in [4.78, 5) is 38.2. The van der Waals surface area contributed by atoms with Gasteiger partial charge in [-0.05, 0) is 48.4 Å². The highest BCUT2D eigenvalue weighted by atomic mass is 32.1. The highest BCUT2D eigenvalue weighted by molar-refractivity contribution is 7.09. The van der Waals surface area contributed by atoms with Crippen molar-refractivity contribution in [2.45, 2.75) is 37.5 Å². The third-order valence-electron chi connectivity index (χ3n) is 5.77. The molecule has 0 saturated heterocycles. The molecule has 2 N–H and O–H groups in total. The number of amides is 3. The van der Waals surface area contributed by atoms with Crippen LogP contribution in [-0.4, -0.2) is 44.3 Å². The smallest absolute Gasteiger partial charge is 0.321 e. The Labute approximate surface area is 190 Å². The van der Waals surface area contributed by atoms with Gasteiger partial charge in [0.15, 0.2) is 18.1 Å². The Bertz CT molecular complexity index is 969. The molecule has 32 heavy (non-hydrogen) atoms. The molecule has 1 aromatic heterocycles. The number of esters is 1. The Morgan fingerprint density at radius 2 is 1.84 bits per heavy atom. The van der Waals surface area contributed by atoms with E-state index < -0.39 is 29.9 Å². The van der Waals surface area contributed by atoms with E-state index in [2.05, 4.69) is 10.6 Å². The SMILES string of the molecule is O=C(COC(=O)C1(c2ccc3c(c2)OCCO3)CCCC1)NC(=O)NCCc1cccs1. The number of hydrogen-bond acceptors (Lipinski definition) is 7. The summed E-state index contributed by atoms with van der Waals surface area (Å²) in [6.07, 6.45) is 3.74. The van der Waals surface area contributed by atoms with Crippen molar-refractivity contribution in [3.05, 3.63) is 46.2 Å². The summed E-state index contributed by atoms with van der Waals surface area (Å²) in [5.74, 6) is 0.151. The normalized spacial score (nSPS) is 16.2. The van der Waals surface area contributed by atoms with Crippen molar-refractivity contribution in [2.75, 3.05) is 26.4 Å². The molecule has 2 heterocycles. The van der Waals surface area contributed by atoms with E-state index in [9.17, 15) is 14.4 Å². The van der Waals surface area contributed by atoms with Gasteiger partial charge >= 0.3 is 12.0 Å². The van der Waals surface area contributed by atoms with Crippen LogP contribution in [0.2, 0.25) is 0 Å². The van der Waals surface area contributed by atoms with Crippen LogP contribution < -0.4 is 20.1 Å². The predicted octanol–water partition coefficient (Wildman–Crippen LogP) is 2.94. The summed E-state index contributed by atoms with van der Waals surface area (Å²) < 4.78 is 16.6. The number of fused-ring (bicyclic) bond motifs is 1. The molecule has 1 fully saturated rings. The Hall–Kier alpha value is -3.07. The number of nitrogens with one attached hydrogen (secondary N) is 2. The molecule has 0 atom stereocenters. The molecule has 1 saturated carbocycles. The van der Waals surface area contributed by atoms with E-state index in [0.29, 0.717) is 50.5 Å². The first kappa shape index (κ1) is 22.1. The molecular formula is C23H26N2O6S. The average Bonchev–Trinajstić information content (AvgIpc) is 3.50. The van der Waals surface area contributed by atoms with Crippen molar-refractivity contribution in [3.8, 4) is 11.5 Å². The molecule has 2 aromatic rings. The monoisotopic (exact) mass is 458 g/mol. The summed E-state index contributed by atoms with van der Waals surface area (Å²) in [7, 11) is 0. The van der Waals surface area contributed by atoms with E-state index >= 15 is 0 Å². The van der Waals surface area contributed by atoms with E-state index in [1.807, 2.05) is 35.7 Å². The van der Waals surface area contributed by atoms with Gasteiger partial charge in [-0.2, -0.15) is 0 Å². The molecule has 1 aliphatic heterocycles. The number of ether oxygens (including phenoxy) is 3. The second-order valence-corrected chi connectivity index (χ2v) is 8.89. The van der Waals surface area contributed by atoms with Gasteiger partial charge in [-0.15, -0.1) is 11.3 Å². The molecule has 4 rings (SSSR count). The molecule has 0 radical (unpaired) electrons. The number of carbonyl (C=O) groups excluding carboxylic acids is 3. The van der Waals surface area contributed by atoms with Crippen LogP contribution in [0.15, 0.2) is 35.7 Å². The van der Waals surface area contributed by atoms with Gasteiger partial charge in [-0.25, -0.2) is 4.79 Å². The van der Waals surface area contributed by atoms with E-state index in [1.54, 1.807) is 11.3 Å². The molecule has 170 valence electrons. The molecule has 0 bridgehead atoms. The standard InChI is InChI=1S/C23H26N2O6S/c26-20(25-22(28)24-10-7-17-4-3-13-32-17)15-31-21(27)23(8-1-2-9-23)16-5-6-18-19(14-16)30-12-11-29-18/h3-6,13-14H,1-2,7-12,15H2,(H2,24,25,26,28). The summed E-state index contributed by atoms with van der Waals surface area (Å²) in [6.45, 7) is 0.857. The van der Waals surface area contributed by atoms with Gasteiger partial charge in [0.2, 0.25) is 0 Å². The zero-order valence-electron chi connectivity index (χ0n) is 17.7. The average molecular weight is 459 g/mol. The van der Waals surface area contributed by atoms with Gasteiger partial charge < -0.3 is 19.5 Å². The van der Waals surface area contributed by atoms with Crippen LogP contribution in [0.5, 0.6) is 11.5 Å². The van der Waals surface area contributed by atoms with Crippen molar-refractivity contribution in [1.82, 2.24) is 10.6 Å². The molecule has 1 aromatic carbocycles. The van der Waals surface area contributed by atoms with Crippen LogP contribution in [0.1, 0.15) is 36.1 Å². The minimum Gasteiger partial charge on any atom is -0.486 e. The summed E-state index contributed by atoms with van der Waals surface area (Å²) in [5.41, 5.74) is -0.0185. The fourth-order valence-corrected chi connectivity index (χ4v) is 4.87. The van der Waals surface area contributed by atoms with Gasteiger partial charge in [0.1, 0.15) is 13.2 Å². The minimum absolute atomic E-state index is 0.409. The molecule has 0 unspecified atom stereocenters. The zero-order chi connectivity index (χ0) is 22.4. The summed E-state index contributed by atoms with van der Waals surface area (Å²) in [6, 6.07) is 8.83. The number of rotatable bonds is 7. The first-order valence-electron chi connectivity index (χ1n) is 10.7. The van der Waals surface area contributed by atoms with Crippen molar-refractivity contribution in [2.24, 2.45) is 0 Å². The lowest BCUT2D eigenvalue weighted by Gasteiger charge is -2.28. The van der Waals surface area contributed by atoms with Crippen LogP contribution in [0, 0.1) is 0 Å². The number of thiophene rings is 1. The lowest BCUT2D eigenvalue weighted by Crippen LogP contribution is -2.43. The summed E-state index contributed by atoms with van der Waals surface area (Å²) in [5, 5.41) is 6.79. The number of benzene rings is 1. The maximum absolute atomic E-state index is 13.1. The third kappa shape index (κ3) is 5.04. The van der Waals surface area contributed by atoms with Crippen molar-refractivity contribution < 1.29 is 28.6 Å².